The lowest BCUT2D eigenvalue weighted by molar-refractivity contribution is 0.0699. The highest BCUT2D eigenvalue weighted by atomic mass is 79.9. The van der Waals surface area contributed by atoms with Gasteiger partial charge in [0.15, 0.2) is 5.78 Å². The highest BCUT2D eigenvalue weighted by Gasteiger charge is 2.07. The minimum atomic E-state index is -0.895. The average molecular weight is 500 g/mol. The first-order valence-corrected chi connectivity index (χ1v) is 10.1. The first-order chi connectivity index (χ1) is 13.4. The maximum Gasteiger partial charge on any atom is 0.336 e. The van der Waals surface area contributed by atoms with Gasteiger partial charge < -0.3 is 5.11 Å². The van der Waals surface area contributed by atoms with Crippen LogP contribution in [0.5, 0.6) is 0 Å². The molecule has 1 N–H and O–H groups in total. The molecular weight excluding hydrogens is 484 g/mol. The normalized spacial score (nSPS) is 10.4. The fourth-order valence-electron chi connectivity index (χ4n) is 2.98. The highest BCUT2D eigenvalue weighted by molar-refractivity contribution is 9.10. The lowest BCUT2D eigenvalue weighted by Gasteiger charge is -2.03. The van der Waals surface area contributed by atoms with Crippen molar-refractivity contribution in [3.8, 4) is 0 Å². The van der Waals surface area contributed by atoms with Crippen LogP contribution in [0.1, 0.15) is 27.6 Å². The molecule has 0 saturated carbocycles. The zero-order chi connectivity index (χ0) is 20.3. The van der Waals surface area contributed by atoms with E-state index in [1.165, 1.54) is 0 Å². The van der Waals surface area contributed by atoms with E-state index in [1.54, 1.807) is 19.1 Å². The number of carboxylic acid groups (broad SMARTS) is 1. The number of carbonyl (C=O) groups excluding carboxylic acids is 1. The van der Waals surface area contributed by atoms with E-state index in [9.17, 15) is 9.59 Å². The topological polar surface area (TPSA) is 54.4 Å². The minimum Gasteiger partial charge on any atom is -0.478 e. The minimum absolute atomic E-state index is 0.105. The van der Waals surface area contributed by atoms with Gasteiger partial charge >= 0.3 is 5.97 Å². The molecule has 28 heavy (non-hydrogen) atoms. The van der Waals surface area contributed by atoms with E-state index in [1.807, 2.05) is 60.7 Å². The van der Waals surface area contributed by atoms with Crippen molar-refractivity contribution in [2.45, 2.75) is 6.92 Å². The summed E-state index contributed by atoms with van der Waals surface area (Å²) in [6.07, 6.45) is 0. The Labute approximate surface area is 179 Å². The summed E-state index contributed by atoms with van der Waals surface area (Å²) in [6, 6.07) is 22.6. The van der Waals surface area contributed by atoms with Crippen molar-refractivity contribution in [2.75, 3.05) is 0 Å². The quantitative estimate of drug-likeness (QED) is 0.299. The molecule has 0 bridgehead atoms. The SMILES string of the molecule is CC(=O)c1cccc2ccc(Br)cc12.O=C(O)c1cccc2ccc(Br)cc12. The molecular formula is C23H16Br2O3. The number of carbonyl (C=O) groups is 2. The Balaban J connectivity index is 0.000000161. The lowest BCUT2D eigenvalue weighted by atomic mass is 10.0. The van der Waals surface area contributed by atoms with Gasteiger partial charge in [-0.15, -0.1) is 0 Å². The molecule has 140 valence electrons. The first-order valence-electron chi connectivity index (χ1n) is 8.47. The van der Waals surface area contributed by atoms with Crippen LogP contribution in [0.3, 0.4) is 0 Å². The van der Waals surface area contributed by atoms with Crippen LogP contribution in [0, 0.1) is 0 Å². The summed E-state index contributed by atoms with van der Waals surface area (Å²) in [5.41, 5.74) is 1.12. The van der Waals surface area contributed by atoms with Gasteiger partial charge in [0.25, 0.3) is 0 Å². The molecule has 0 aliphatic rings. The van der Waals surface area contributed by atoms with E-state index in [0.717, 1.165) is 36.1 Å². The van der Waals surface area contributed by atoms with Gasteiger partial charge in [0.1, 0.15) is 0 Å². The maximum absolute atomic E-state index is 11.4. The second-order valence-electron chi connectivity index (χ2n) is 6.20. The van der Waals surface area contributed by atoms with E-state index in [2.05, 4.69) is 31.9 Å². The molecule has 5 heteroatoms. The monoisotopic (exact) mass is 498 g/mol. The second-order valence-corrected chi connectivity index (χ2v) is 8.03. The third kappa shape index (κ3) is 4.49. The molecule has 0 saturated heterocycles. The molecule has 0 radical (unpaired) electrons. The summed E-state index contributed by atoms with van der Waals surface area (Å²) in [5.74, 6) is -0.789. The van der Waals surface area contributed by atoms with Crippen molar-refractivity contribution in [2.24, 2.45) is 0 Å². The Morgan fingerprint density at radius 1 is 0.714 bits per heavy atom. The Morgan fingerprint density at radius 2 is 1.18 bits per heavy atom. The van der Waals surface area contributed by atoms with Crippen molar-refractivity contribution in [3.63, 3.8) is 0 Å². The van der Waals surface area contributed by atoms with Gasteiger partial charge in [-0.3, -0.25) is 4.79 Å². The molecule has 4 aromatic rings. The van der Waals surface area contributed by atoms with Gasteiger partial charge in [0.2, 0.25) is 0 Å². The maximum atomic E-state index is 11.4. The number of Topliss-reactive ketones (excluding diaryl/α,β-unsaturated/α-hetero) is 1. The number of rotatable bonds is 2. The molecule has 0 spiro atoms. The largest absolute Gasteiger partial charge is 0.478 e. The van der Waals surface area contributed by atoms with Crippen LogP contribution in [0.4, 0.5) is 0 Å². The molecule has 4 rings (SSSR count). The molecule has 4 aromatic carbocycles. The van der Waals surface area contributed by atoms with Gasteiger partial charge in [-0.2, -0.15) is 0 Å². The molecule has 3 nitrogen and oxygen atoms in total. The average Bonchev–Trinajstić information content (AvgIpc) is 2.67. The summed E-state index contributed by atoms with van der Waals surface area (Å²) >= 11 is 6.73. The van der Waals surface area contributed by atoms with E-state index in [0.29, 0.717) is 5.56 Å². The van der Waals surface area contributed by atoms with Crippen molar-refractivity contribution >= 4 is 65.2 Å². The summed E-state index contributed by atoms with van der Waals surface area (Å²) in [4.78, 5) is 22.3. The zero-order valence-electron chi connectivity index (χ0n) is 14.9. The summed E-state index contributed by atoms with van der Waals surface area (Å²) in [5, 5.41) is 12.8. The lowest BCUT2D eigenvalue weighted by Crippen LogP contribution is -1.96. The predicted molar refractivity (Wildman–Crippen MR) is 120 cm³/mol. The Hall–Kier alpha value is -2.50. The van der Waals surface area contributed by atoms with Crippen LogP contribution >= 0.6 is 31.9 Å². The number of hydrogen-bond donors (Lipinski definition) is 1. The Bertz CT molecular complexity index is 1100. The molecule has 0 aliphatic carbocycles. The second kappa shape index (κ2) is 8.67. The predicted octanol–water partition coefficient (Wildman–Crippen LogP) is 7.11. The van der Waals surface area contributed by atoms with Gasteiger partial charge in [0.05, 0.1) is 5.56 Å². The third-order valence-corrected chi connectivity index (χ3v) is 5.28. The Kier molecular flexibility index (Phi) is 6.27. The molecule has 0 fully saturated rings. The summed E-state index contributed by atoms with van der Waals surface area (Å²) < 4.78 is 1.89. The van der Waals surface area contributed by atoms with Crippen LogP contribution in [0.15, 0.2) is 81.7 Å². The molecule has 0 aromatic heterocycles. The van der Waals surface area contributed by atoms with Crippen molar-refractivity contribution in [1.82, 2.24) is 0 Å². The van der Waals surface area contributed by atoms with E-state index in [-0.39, 0.29) is 5.78 Å². The highest BCUT2D eigenvalue weighted by Crippen LogP contribution is 2.24. The fraction of sp³-hybridized carbons (Fsp3) is 0.0435. The van der Waals surface area contributed by atoms with Crippen molar-refractivity contribution in [1.29, 1.82) is 0 Å². The number of halogens is 2. The molecule has 0 unspecified atom stereocenters. The molecule has 0 aliphatic heterocycles. The van der Waals surface area contributed by atoms with E-state index < -0.39 is 5.97 Å². The smallest absolute Gasteiger partial charge is 0.336 e. The van der Waals surface area contributed by atoms with Gasteiger partial charge in [-0.1, -0.05) is 74.3 Å². The van der Waals surface area contributed by atoms with Crippen LogP contribution in [0.25, 0.3) is 21.5 Å². The van der Waals surface area contributed by atoms with Crippen molar-refractivity contribution < 1.29 is 14.7 Å². The summed E-state index contributed by atoms with van der Waals surface area (Å²) in [6.45, 7) is 1.59. The van der Waals surface area contributed by atoms with Crippen LogP contribution in [-0.4, -0.2) is 16.9 Å². The van der Waals surface area contributed by atoms with Crippen LogP contribution in [-0.2, 0) is 0 Å². The van der Waals surface area contributed by atoms with Gasteiger partial charge in [0, 0.05) is 14.5 Å². The number of benzene rings is 4. The van der Waals surface area contributed by atoms with Crippen LogP contribution < -0.4 is 0 Å². The summed E-state index contributed by atoms with van der Waals surface area (Å²) in [7, 11) is 0. The molecule has 0 amide bonds. The number of fused-ring (bicyclic) bond motifs is 2. The first kappa shape index (κ1) is 20.2. The number of aromatic carboxylic acids is 1. The van der Waals surface area contributed by atoms with E-state index >= 15 is 0 Å². The Morgan fingerprint density at radius 3 is 1.64 bits per heavy atom. The van der Waals surface area contributed by atoms with Gasteiger partial charge in [-0.25, -0.2) is 4.79 Å². The number of carboxylic acids is 1. The number of hydrogen-bond acceptors (Lipinski definition) is 2. The zero-order valence-corrected chi connectivity index (χ0v) is 18.1. The van der Waals surface area contributed by atoms with E-state index in [4.69, 9.17) is 5.11 Å². The van der Waals surface area contributed by atoms with Gasteiger partial charge in [-0.05, 0) is 58.8 Å². The number of ketones is 1. The third-order valence-electron chi connectivity index (χ3n) is 4.30. The fourth-order valence-corrected chi connectivity index (χ4v) is 3.71. The standard InChI is InChI=1S/C12H9BrO.C11H7BrO2/c1-8(14)11-4-2-3-9-5-6-10(13)7-12(9)11;12-8-5-4-7-2-1-3-9(11(13)14)10(7)6-8/h2-7H,1H3;1-6H,(H,13,14). The van der Waals surface area contributed by atoms with Crippen LogP contribution in [0.2, 0.25) is 0 Å². The molecule has 0 atom stereocenters. The molecule has 0 heterocycles. The van der Waals surface area contributed by atoms with Crippen molar-refractivity contribution in [3.05, 3.63) is 92.9 Å².